The van der Waals surface area contributed by atoms with Gasteiger partial charge in [-0.05, 0) is 40.6 Å². The van der Waals surface area contributed by atoms with Gasteiger partial charge in [0, 0.05) is 31.7 Å². The molecule has 5 rings (SSSR count). The Morgan fingerprint density at radius 3 is 2.30 bits per heavy atom. The maximum Gasteiger partial charge on any atom is 0.253 e. The number of rotatable bonds is 5. The zero-order chi connectivity index (χ0) is 22.8. The van der Waals surface area contributed by atoms with E-state index in [1.165, 1.54) is 10.6 Å². The molecule has 0 radical (unpaired) electrons. The van der Waals surface area contributed by atoms with Crippen LogP contribution in [0.5, 0.6) is 0 Å². The molecule has 1 fully saturated rings. The first kappa shape index (κ1) is 21.3. The lowest BCUT2D eigenvalue weighted by Gasteiger charge is -2.34. The van der Waals surface area contributed by atoms with Crippen LogP contribution in [0.25, 0.3) is 10.8 Å². The molecule has 0 N–H and O–H groups in total. The van der Waals surface area contributed by atoms with E-state index in [0.29, 0.717) is 25.2 Å². The average molecular weight is 462 g/mol. The first-order valence-electron chi connectivity index (χ1n) is 10.7. The lowest BCUT2D eigenvalue weighted by Crippen LogP contribution is -2.50. The van der Waals surface area contributed by atoms with Crippen molar-refractivity contribution in [2.45, 2.75) is 11.4 Å². The van der Waals surface area contributed by atoms with E-state index >= 15 is 0 Å². The van der Waals surface area contributed by atoms with Crippen molar-refractivity contribution in [2.75, 3.05) is 26.2 Å². The summed E-state index contributed by atoms with van der Waals surface area (Å²) in [6.45, 7) is 1.83. The zero-order valence-electron chi connectivity index (χ0n) is 17.9. The second kappa shape index (κ2) is 8.76. The van der Waals surface area contributed by atoms with E-state index in [0.717, 1.165) is 16.3 Å². The van der Waals surface area contributed by atoms with Crippen LogP contribution in [-0.2, 0) is 16.6 Å². The number of carbonyl (C=O) groups excluding carboxylic acids is 1. The lowest BCUT2D eigenvalue weighted by atomic mass is 10.1. The third-order valence-corrected chi connectivity index (χ3v) is 7.79. The van der Waals surface area contributed by atoms with Gasteiger partial charge in [0.25, 0.3) is 5.91 Å². The molecule has 1 aromatic heterocycles. The third-order valence-electron chi connectivity index (χ3n) is 5.90. The molecule has 0 spiro atoms. The molecule has 168 valence electrons. The van der Waals surface area contributed by atoms with Crippen molar-refractivity contribution >= 4 is 26.7 Å². The highest BCUT2D eigenvalue weighted by molar-refractivity contribution is 7.89. The molecule has 4 aromatic rings. The van der Waals surface area contributed by atoms with Crippen molar-refractivity contribution in [1.82, 2.24) is 24.0 Å². The normalized spacial score (nSPS) is 15.1. The molecule has 8 nitrogen and oxygen atoms in total. The summed E-state index contributed by atoms with van der Waals surface area (Å²) in [5.41, 5.74) is 1.60. The number of hydrogen-bond donors (Lipinski definition) is 0. The molecule has 33 heavy (non-hydrogen) atoms. The Morgan fingerprint density at radius 1 is 0.879 bits per heavy atom. The van der Waals surface area contributed by atoms with Gasteiger partial charge >= 0.3 is 0 Å². The highest BCUT2D eigenvalue weighted by Crippen LogP contribution is 2.23. The predicted octanol–water partition coefficient (Wildman–Crippen LogP) is 2.63. The summed E-state index contributed by atoms with van der Waals surface area (Å²) >= 11 is 0. The highest BCUT2D eigenvalue weighted by atomic mass is 32.2. The van der Waals surface area contributed by atoms with E-state index in [4.69, 9.17) is 0 Å². The van der Waals surface area contributed by atoms with Crippen LogP contribution in [0.2, 0.25) is 0 Å². The molecule has 2 heterocycles. The van der Waals surface area contributed by atoms with E-state index < -0.39 is 10.0 Å². The smallest absolute Gasteiger partial charge is 0.253 e. The van der Waals surface area contributed by atoms with Crippen molar-refractivity contribution in [3.05, 3.63) is 90.5 Å². The van der Waals surface area contributed by atoms with Crippen LogP contribution >= 0.6 is 0 Å². The largest absolute Gasteiger partial charge is 0.336 e. The van der Waals surface area contributed by atoms with Gasteiger partial charge in [-0.25, -0.2) is 18.1 Å². The Labute approximate surface area is 192 Å². The number of hydrogen-bond acceptors (Lipinski definition) is 5. The maximum atomic E-state index is 13.2. The number of carbonyl (C=O) groups is 1. The van der Waals surface area contributed by atoms with Crippen molar-refractivity contribution < 1.29 is 13.2 Å². The zero-order valence-corrected chi connectivity index (χ0v) is 18.7. The van der Waals surface area contributed by atoms with Crippen molar-refractivity contribution in [1.29, 1.82) is 0 Å². The molecule has 1 aliphatic heterocycles. The Bertz CT molecular complexity index is 1380. The molecule has 0 atom stereocenters. The SMILES string of the molecule is O=C(c1ccc(Cn2cncn2)cc1)N1CCN(S(=O)(=O)c2ccc3ccccc3c2)CC1. The van der Waals surface area contributed by atoms with Crippen LogP contribution < -0.4 is 0 Å². The van der Waals surface area contributed by atoms with Gasteiger partial charge in [-0.1, -0.05) is 42.5 Å². The van der Waals surface area contributed by atoms with Gasteiger partial charge in [-0.15, -0.1) is 0 Å². The second-order valence-electron chi connectivity index (χ2n) is 8.00. The second-order valence-corrected chi connectivity index (χ2v) is 9.93. The van der Waals surface area contributed by atoms with Gasteiger partial charge in [-0.3, -0.25) is 4.79 Å². The van der Waals surface area contributed by atoms with Gasteiger partial charge in [0.05, 0.1) is 11.4 Å². The number of fused-ring (bicyclic) bond motifs is 1. The Hall–Kier alpha value is -3.56. The molecule has 1 aliphatic rings. The standard InChI is InChI=1S/C24H23N5O3S/c30-24(21-7-5-19(6-8-21)16-28-18-25-17-26-28)27-11-13-29(14-12-27)33(31,32)23-10-9-20-3-1-2-4-22(20)15-23/h1-10,15,17-18H,11-14,16H2. The van der Waals surface area contributed by atoms with Gasteiger partial charge in [0.1, 0.15) is 12.7 Å². The van der Waals surface area contributed by atoms with Crippen LogP contribution in [-0.4, -0.2) is 64.5 Å². The molecular weight excluding hydrogens is 438 g/mol. The molecule has 0 saturated carbocycles. The van der Waals surface area contributed by atoms with E-state index in [1.807, 2.05) is 42.5 Å². The van der Waals surface area contributed by atoms with Gasteiger partial charge < -0.3 is 4.90 Å². The van der Waals surface area contributed by atoms with E-state index in [1.54, 1.807) is 40.2 Å². The fourth-order valence-corrected chi connectivity index (χ4v) is 5.50. The summed E-state index contributed by atoms with van der Waals surface area (Å²) in [4.78, 5) is 18.8. The fourth-order valence-electron chi connectivity index (χ4n) is 4.05. The number of benzene rings is 3. The van der Waals surface area contributed by atoms with Gasteiger partial charge in [0.15, 0.2) is 0 Å². The summed E-state index contributed by atoms with van der Waals surface area (Å²) in [6.07, 6.45) is 3.13. The molecule has 3 aromatic carbocycles. The molecule has 1 saturated heterocycles. The molecule has 0 unspecified atom stereocenters. The molecule has 1 amide bonds. The van der Waals surface area contributed by atoms with Gasteiger partial charge in [-0.2, -0.15) is 9.40 Å². The number of piperazine rings is 1. The summed E-state index contributed by atoms with van der Waals surface area (Å²) in [7, 11) is -3.62. The Morgan fingerprint density at radius 2 is 1.61 bits per heavy atom. The van der Waals surface area contributed by atoms with E-state index in [-0.39, 0.29) is 23.9 Å². The number of amides is 1. The van der Waals surface area contributed by atoms with E-state index in [2.05, 4.69) is 10.1 Å². The monoisotopic (exact) mass is 461 g/mol. The summed E-state index contributed by atoms with van der Waals surface area (Å²) < 4.78 is 29.5. The van der Waals surface area contributed by atoms with Crippen molar-refractivity contribution in [3.63, 3.8) is 0 Å². The number of nitrogens with zero attached hydrogens (tertiary/aromatic N) is 5. The first-order valence-corrected chi connectivity index (χ1v) is 12.1. The first-order chi connectivity index (χ1) is 16.0. The minimum absolute atomic E-state index is 0.0925. The molecule has 0 aliphatic carbocycles. The van der Waals surface area contributed by atoms with Gasteiger partial charge in [0.2, 0.25) is 10.0 Å². The third kappa shape index (κ3) is 4.37. The Kier molecular flexibility index (Phi) is 5.65. The van der Waals surface area contributed by atoms with Crippen molar-refractivity contribution in [2.24, 2.45) is 0 Å². The van der Waals surface area contributed by atoms with Crippen molar-refractivity contribution in [3.8, 4) is 0 Å². The fraction of sp³-hybridized carbons (Fsp3) is 0.208. The predicted molar refractivity (Wildman–Crippen MR) is 124 cm³/mol. The van der Waals surface area contributed by atoms with Crippen LogP contribution in [0.3, 0.4) is 0 Å². The lowest BCUT2D eigenvalue weighted by molar-refractivity contribution is 0.0698. The number of sulfonamides is 1. The van der Waals surface area contributed by atoms with Crippen LogP contribution in [0, 0.1) is 0 Å². The van der Waals surface area contributed by atoms with Crippen LogP contribution in [0.1, 0.15) is 15.9 Å². The number of aromatic nitrogens is 3. The summed E-state index contributed by atoms with van der Waals surface area (Å²) in [5, 5.41) is 5.97. The molecule has 0 bridgehead atoms. The quantitative estimate of drug-likeness (QED) is 0.456. The topological polar surface area (TPSA) is 88.4 Å². The van der Waals surface area contributed by atoms with Crippen LogP contribution in [0.4, 0.5) is 0 Å². The Balaban J connectivity index is 1.24. The highest BCUT2D eigenvalue weighted by Gasteiger charge is 2.30. The maximum absolute atomic E-state index is 13.2. The average Bonchev–Trinajstić information content (AvgIpc) is 3.37. The minimum Gasteiger partial charge on any atom is -0.336 e. The van der Waals surface area contributed by atoms with Crippen LogP contribution in [0.15, 0.2) is 84.3 Å². The van der Waals surface area contributed by atoms with E-state index in [9.17, 15) is 13.2 Å². The molecule has 9 heteroatoms. The summed E-state index contributed by atoms with van der Waals surface area (Å²) in [5.74, 6) is -0.0925. The molecular formula is C24H23N5O3S. The minimum atomic E-state index is -3.62. The summed E-state index contributed by atoms with van der Waals surface area (Å²) in [6, 6.07) is 20.3.